The Morgan fingerprint density at radius 1 is 1.08 bits per heavy atom. The van der Waals surface area contributed by atoms with Crippen molar-refractivity contribution in [3.05, 3.63) is 110 Å². The van der Waals surface area contributed by atoms with E-state index >= 15 is 0 Å². The van der Waals surface area contributed by atoms with Gasteiger partial charge in [0.25, 0.3) is 11.6 Å². The molecule has 1 N–H and O–H groups in total. The standard InChI is InChI=1S/C29H21Cl2N3O5/c1-2-38-27-14-18(12-21(16-32)29(35)33-25-11-10-22(30)15-26(25)34(36)37)13-24(31)28(27)39-17-20-8-5-7-19-6-3-4-9-23(19)20/h3-15H,2,17H2,1H3,(H,33,35)/b21-12-. The Morgan fingerprint density at radius 3 is 2.59 bits per heavy atom. The molecular formula is C29H21Cl2N3O5. The molecule has 0 saturated heterocycles. The van der Waals surface area contributed by atoms with Gasteiger partial charge in [-0.15, -0.1) is 0 Å². The summed E-state index contributed by atoms with van der Waals surface area (Å²) in [6.07, 6.45) is 1.31. The zero-order valence-electron chi connectivity index (χ0n) is 20.6. The molecule has 4 rings (SSSR count). The zero-order valence-corrected chi connectivity index (χ0v) is 22.1. The number of ether oxygens (including phenoxy) is 2. The molecule has 10 heteroatoms. The molecule has 0 aromatic heterocycles. The van der Waals surface area contributed by atoms with Crippen molar-refractivity contribution in [2.45, 2.75) is 13.5 Å². The molecule has 0 radical (unpaired) electrons. The minimum atomic E-state index is -0.840. The van der Waals surface area contributed by atoms with Crippen LogP contribution < -0.4 is 14.8 Å². The summed E-state index contributed by atoms with van der Waals surface area (Å²) in [5.74, 6) is -0.181. The maximum absolute atomic E-state index is 12.8. The molecule has 4 aromatic carbocycles. The SMILES string of the molecule is CCOc1cc(/C=C(/C#N)C(=O)Nc2ccc(Cl)cc2[N+](=O)[O-])cc(Cl)c1OCc1cccc2ccccc12. The summed E-state index contributed by atoms with van der Waals surface area (Å²) in [6, 6.07) is 22.7. The van der Waals surface area contributed by atoms with Crippen molar-refractivity contribution < 1.29 is 19.2 Å². The van der Waals surface area contributed by atoms with E-state index in [1.54, 1.807) is 13.0 Å². The monoisotopic (exact) mass is 561 g/mol. The third kappa shape index (κ3) is 6.47. The van der Waals surface area contributed by atoms with Gasteiger partial charge < -0.3 is 14.8 Å². The van der Waals surface area contributed by atoms with Gasteiger partial charge in [0, 0.05) is 11.1 Å². The van der Waals surface area contributed by atoms with E-state index in [4.69, 9.17) is 32.7 Å². The van der Waals surface area contributed by atoms with E-state index in [9.17, 15) is 20.2 Å². The molecule has 0 heterocycles. The Morgan fingerprint density at radius 2 is 1.85 bits per heavy atom. The predicted octanol–water partition coefficient (Wildman–Crippen LogP) is 7.58. The number of carbonyl (C=O) groups excluding carboxylic acids is 1. The lowest BCUT2D eigenvalue weighted by Crippen LogP contribution is -2.14. The maximum atomic E-state index is 12.8. The Hall–Kier alpha value is -4.58. The number of rotatable bonds is 9. The Bertz CT molecular complexity index is 1640. The number of halogens is 2. The fraction of sp³-hybridized carbons (Fsp3) is 0.103. The van der Waals surface area contributed by atoms with E-state index in [1.165, 1.54) is 24.3 Å². The van der Waals surface area contributed by atoms with Gasteiger partial charge in [-0.1, -0.05) is 65.7 Å². The number of nitro benzene ring substituents is 1. The summed E-state index contributed by atoms with van der Waals surface area (Å²) in [5, 5.41) is 25.9. The number of fused-ring (bicyclic) bond motifs is 1. The number of benzene rings is 4. The predicted molar refractivity (Wildman–Crippen MR) is 151 cm³/mol. The van der Waals surface area contributed by atoms with E-state index in [0.29, 0.717) is 23.7 Å². The highest BCUT2D eigenvalue weighted by atomic mass is 35.5. The average Bonchev–Trinajstić information content (AvgIpc) is 2.92. The quantitative estimate of drug-likeness (QED) is 0.0974. The minimum absolute atomic E-state index is 0.0965. The molecule has 196 valence electrons. The van der Waals surface area contributed by atoms with Gasteiger partial charge in [0.2, 0.25) is 0 Å². The number of carbonyl (C=O) groups is 1. The summed E-state index contributed by atoms with van der Waals surface area (Å²) in [6.45, 7) is 2.36. The van der Waals surface area contributed by atoms with E-state index in [0.717, 1.165) is 22.4 Å². The van der Waals surface area contributed by atoms with Gasteiger partial charge in [-0.25, -0.2) is 0 Å². The van der Waals surface area contributed by atoms with Crippen LogP contribution in [0.1, 0.15) is 18.1 Å². The number of amides is 1. The molecule has 0 atom stereocenters. The second-order valence-corrected chi connectivity index (χ2v) is 9.08. The molecule has 0 saturated carbocycles. The van der Waals surface area contributed by atoms with E-state index in [-0.39, 0.29) is 27.9 Å². The first-order chi connectivity index (χ1) is 18.8. The Labute approximate surface area is 234 Å². The van der Waals surface area contributed by atoms with Gasteiger partial charge in [-0.05, 0) is 59.2 Å². The van der Waals surface area contributed by atoms with Crippen molar-refractivity contribution in [3.63, 3.8) is 0 Å². The number of hydrogen-bond acceptors (Lipinski definition) is 6. The normalized spacial score (nSPS) is 11.1. The number of anilines is 1. The molecule has 0 aliphatic rings. The largest absolute Gasteiger partial charge is 0.490 e. The van der Waals surface area contributed by atoms with Gasteiger partial charge in [-0.2, -0.15) is 5.26 Å². The van der Waals surface area contributed by atoms with Gasteiger partial charge >= 0.3 is 0 Å². The van der Waals surface area contributed by atoms with Gasteiger partial charge in [0.15, 0.2) is 11.5 Å². The minimum Gasteiger partial charge on any atom is -0.490 e. The van der Waals surface area contributed by atoms with Crippen LogP contribution in [0, 0.1) is 21.4 Å². The fourth-order valence-corrected chi connectivity index (χ4v) is 4.35. The first-order valence-corrected chi connectivity index (χ1v) is 12.5. The molecule has 4 aromatic rings. The number of nitrogens with zero attached hydrogens (tertiary/aromatic N) is 2. The highest BCUT2D eigenvalue weighted by Crippen LogP contribution is 2.38. The third-order valence-corrected chi connectivity index (χ3v) is 6.18. The Kier molecular flexibility index (Phi) is 8.67. The average molecular weight is 562 g/mol. The lowest BCUT2D eigenvalue weighted by Gasteiger charge is -2.15. The summed E-state index contributed by atoms with van der Waals surface area (Å²) in [5.41, 5.74) is 0.569. The van der Waals surface area contributed by atoms with Crippen LogP contribution in [0.5, 0.6) is 11.5 Å². The summed E-state index contributed by atoms with van der Waals surface area (Å²) in [7, 11) is 0. The van der Waals surface area contributed by atoms with Crippen LogP contribution in [0.15, 0.2) is 78.4 Å². The smallest absolute Gasteiger partial charge is 0.294 e. The lowest BCUT2D eigenvalue weighted by molar-refractivity contribution is -0.383. The third-order valence-electron chi connectivity index (χ3n) is 5.66. The molecule has 0 aliphatic carbocycles. The second kappa shape index (κ2) is 12.3. The van der Waals surface area contributed by atoms with Crippen LogP contribution in [0.3, 0.4) is 0 Å². The molecule has 8 nitrogen and oxygen atoms in total. The van der Waals surface area contributed by atoms with Crippen molar-refractivity contribution in [3.8, 4) is 17.6 Å². The summed E-state index contributed by atoms with van der Waals surface area (Å²) in [4.78, 5) is 23.5. The second-order valence-electron chi connectivity index (χ2n) is 8.23. The summed E-state index contributed by atoms with van der Waals surface area (Å²) >= 11 is 12.4. The first-order valence-electron chi connectivity index (χ1n) is 11.7. The fourth-order valence-electron chi connectivity index (χ4n) is 3.91. The summed E-state index contributed by atoms with van der Waals surface area (Å²) < 4.78 is 11.8. The Balaban J connectivity index is 1.61. The topological polar surface area (TPSA) is 114 Å². The van der Waals surface area contributed by atoms with Gasteiger partial charge in [0.05, 0.1) is 16.6 Å². The van der Waals surface area contributed by atoms with Crippen LogP contribution in [-0.4, -0.2) is 17.4 Å². The van der Waals surface area contributed by atoms with Crippen LogP contribution in [0.25, 0.3) is 16.8 Å². The molecule has 1 amide bonds. The number of nitro groups is 1. The van der Waals surface area contributed by atoms with E-state index < -0.39 is 16.5 Å². The van der Waals surface area contributed by atoms with Crippen LogP contribution in [0.2, 0.25) is 10.0 Å². The molecule has 0 aliphatic heterocycles. The molecule has 39 heavy (non-hydrogen) atoms. The number of hydrogen-bond donors (Lipinski definition) is 1. The molecule has 0 spiro atoms. The van der Waals surface area contributed by atoms with Crippen molar-refractivity contribution >= 4 is 57.3 Å². The zero-order chi connectivity index (χ0) is 27.9. The van der Waals surface area contributed by atoms with Crippen molar-refractivity contribution in [1.29, 1.82) is 5.26 Å². The van der Waals surface area contributed by atoms with Crippen molar-refractivity contribution in [2.24, 2.45) is 0 Å². The lowest BCUT2D eigenvalue weighted by atomic mass is 10.1. The van der Waals surface area contributed by atoms with Crippen molar-refractivity contribution in [1.82, 2.24) is 0 Å². The molecule has 0 fully saturated rings. The first kappa shape index (κ1) is 27.5. The van der Waals surface area contributed by atoms with Crippen molar-refractivity contribution in [2.75, 3.05) is 11.9 Å². The molecular weight excluding hydrogens is 541 g/mol. The number of nitrogens with one attached hydrogen (secondary N) is 1. The highest BCUT2D eigenvalue weighted by Gasteiger charge is 2.19. The van der Waals surface area contributed by atoms with Gasteiger partial charge in [-0.3, -0.25) is 14.9 Å². The van der Waals surface area contributed by atoms with Gasteiger partial charge in [0.1, 0.15) is 23.9 Å². The van der Waals surface area contributed by atoms with Crippen LogP contribution >= 0.6 is 23.2 Å². The highest BCUT2D eigenvalue weighted by molar-refractivity contribution is 6.32. The van der Waals surface area contributed by atoms with Crippen LogP contribution in [-0.2, 0) is 11.4 Å². The van der Waals surface area contributed by atoms with Crippen LogP contribution in [0.4, 0.5) is 11.4 Å². The molecule has 0 bridgehead atoms. The molecule has 0 unspecified atom stereocenters. The maximum Gasteiger partial charge on any atom is 0.294 e. The number of nitriles is 1. The van der Waals surface area contributed by atoms with E-state index in [2.05, 4.69) is 5.32 Å². The van der Waals surface area contributed by atoms with E-state index in [1.807, 2.05) is 48.5 Å².